The Labute approximate surface area is 160 Å². The minimum absolute atomic E-state index is 0.0650. The molecule has 0 bridgehead atoms. The van der Waals surface area contributed by atoms with Crippen molar-refractivity contribution in [3.8, 4) is 0 Å². The molecular weight excluding hydrogens is 370 g/mol. The number of rotatable bonds is 3. The van der Waals surface area contributed by atoms with Gasteiger partial charge in [0, 0.05) is 12.7 Å². The fourth-order valence-electron chi connectivity index (χ4n) is 3.71. The molecule has 2 aromatic rings. The molecule has 2 aliphatic rings. The minimum atomic E-state index is -0.765. The average molecular weight is 388 g/mol. The van der Waals surface area contributed by atoms with Crippen molar-refractivity contribution in [3.63, 3.8) is 0 Å². The molecule has 0 N–H and O–H groups in total. The van der Waals surface area contributed by atoms with Crippen molar-refractivity contribution in [3.05, 3.63) is 70.8 Å². The minimum Gasteiger partial charge on any atom is -0.375 e. The van der Waals surface area contributed by atoms with Crippen LogP contribution in [0.4, 0.5) is 8.78 Å². The van der Waals surface area contributed by atoms with Crippen LogP contribution in [0.15, 0.2) is 47.6 Å². The third-order valence-electron chi connectivity index (χ3n) is 4.86. The molecule has 1 spiro atoms. The molecule has 0 radical (unpaired) electrons. The molecule has 4 nitrogen and oxygen atoms in total. The van der Waals surface area contributed by atoms with Crippen molar-refractivity contribution in [1.82, 2.24) is 5.01 Å². The zero-order chi connectivity index (χ0) is 19.0. The number of ether oxygens (including phenoxy) is 1. The fraction of sp³-hybridized carbons (Fsp3) is 0.300. The monoisotopic (exact) mass is 388 g/mol. The highest BCUT2D eigenvalue weighted by Gasteiger charge is 2.50. The van der Waals surface area contributed by atoms with E-state index in [1.807, 2.05) is 24.3 Å². The molecule has 1 aliphatic carbocycles. The van der Waals surface area contributed by atoms with Gasteiger partial charge in [0.25, 0.3) is 5.91 Å². The predicted molar refractivity (Wildman–Crippen MR) is 100 cm³/mol. The zero-order valence-corrected chi connectivity index (χ0v) is 15.6. The molecule has 1 aliphatic heterocycles. The van der Waals surface area contributed by atoms with Gasteiger partial charge in [0.1, 0.15) is 28.2 Å². The molecule has 0 aromatic heterocycles. The van der Waals surface area contributed by atoms with Crippen LogP contribution in [0.2, 0.25) is 0 Å². The molecule has 1 amide bonds. The molecule has 27 heavy (non-hydrogen) atoms. The SMILES string of the molecule is COCC(=O)N1N=C(c2cc(F)ccc2F)SC12CCCc1ccccc12. The number of benzene rings is 2. The maximum Gasteiger partial charge on any atom is 0.270 e. The summed E-state index contributed by atoms with van der Waals surface area (Å²) >= 11 is 1.31. The summed E-state index contributed by atoms with van der Waals surface area (Å²) in [6.07, 6.45) is 2.46. The summed E-state index contributed by atoms with van der Waals surface area (Å²) in [5.74, 6) is -1.43. The second-order valence-electron chi connectivity index (χ2n) is 6.57. The number of thioether (sulfide) groups is 1. The van der Waals surface area contributed by atoms with E-state index in [4.69, 9.17) is 4.74 Å². The average Bonchev–Trinajstić information content (AvgIpc) is 3.04. The molecular formula is C20H18F2N2O2S. The van der Waals surface area contributed by atoms with Gasteiger partial charge < -0.3 is 4.74 Å². The summed E-state index contributed by atoms with van der Waals surface area (Å²) in [5.41, 5.74) is 2.19. The Morgan fingerprint density at radius 1 is 1.30 bits per heavy atom. The van der Waals surface area contributed by atoms with E-state index in [9.17, 15) is 13.6 Å². The number of halogens is 2. The molecule has 1 atom stereocenters. The van der Waals surface area contributed by atoms with E-state index in [2.05, 4.69) is 5.10 Å². The second kappa shape index (κ2) is 7.05. The maximum atomic E-state index is 14.4. The van der Waals surface area contributed by atoms with Crippen molar-refractivity contribution in [2.75, 3.05) is 13.7 Å². The Balaban J connectivity index is 1.84. The van der Waals surface area contributed by atoms with Gasteiger partial charge in [0.15, 0.2) is 0 Å². The maximum absolute atomic E-state index is 14.4. The largest absolute Gasteiger partial charge is 0.375 e. The molecule has 0 saturated heterocycles. The lowest BCUT2D eigenvalue weighted by Gasteiger charge is -2.39. The van der Waals surface area contributed by atoms with Crippen LogP contribution in [0.5, 0.6) is 0 Å². The van der Waals surface area contributed by atoms with Gasteiger partial charge in [0.2, 0.25) is 0 Å². The van der Waals surface area contributed by atoms with Crippen molar-refractivity contribution in [2.45, 2.75) is 24.1 Å². The van der Waals surface area contributed by atoms with Crippen LogP contribution >= 0.6 is 11.8 Å². The fourth-order valence-corrected chi connectivity index (χ4v) is 5.20. The molecule has 0 fully saturated rings. The summed E-state index contributed by atoms with van der Waals surface area (Å²) in [5, 5.41) is 6.13. The van der Waals surface area contributed by atoms with Gasteiger partial charge in [0.05, 0.1) is 0 Å². The number of nitrogens with zero attached hydrogens (tertiary/aromatic N) is 2. The molecule has 4 rings (SSSR count). The standard InChI is InChI=1S/C20H18F2N2O2S/c1-26-12-18(25)24-20(10-4-6-13-5-2-3-7-16(13)20)27-19(23-24)15-11-14(21)8-9-17(15)22/h2-3,5,7-9,11H,4,6,10,12H2,1H3. The van der Waals surface area contributed by atoms with E-state index in [-0.39, 0.29) is 18.1 Å². The normalized spacial score (nSPS) is 21.3. The number of carbonyl (C=O) groups excluding carboxylic acids is 1. The first kappa shape index (κ1) is 18.1. The van der Waals surface area contributed by atoms with Crippen LogP contribution in [-0.2, 0) is 20.8 Å². The van der Waals surface area contributed by atoms with Crippen LogP contribution < -0.4 is 0 Å². The van der Waals surface area contributed by atoms with Crippen LogP contribution in [0.25, 0.3) is 0 Å². The highest BCUT2D eigenvalue weighted by Crippen LogP contribution is 2.53. The lowest BCUT2D eigenvalue weighted by molar-refractivity contribution is -0.139. The Bertz CT molecular complexity index is 934. The molecule has 1 heterocycles. The summed E-state index contributed by atoms with van der Waals surface area (Å²) in [6, 6.07) is 11.2. The first-order valence-electron chi connectivity index (χ1n) is 8.68. The van der Waals surface area contributed by atoms with E-state index in [0.29, 0.717) is 11.5 Å². The molecule has 2 aromatic carbocycles. The number of methoxy groups -OCH3 is 1. The lowest BCUT2D eigenvalue weighted by Crippen LogP contribution is -2.45. The highest BCUT2D eigenvalue weighted by molar-refractivity contribution is 8.15. The quantitative estimate of drug-likeness (QED) is 0.797. The van der Waals surface area contributed by atoms with Crippen molar-refractivity contribution in [1.29, 1.82) is 0 Å². The molecule has 0 saturated carbocycles. The Hall–Kier alpha value is -2.25. The van der Waals surface area contributed by atoms with Crippen LogP contribution in [-0.4, -0.2) is 29.7 Å². The number of aryl methyl sites for hydroxylation is 1. The third-order valence-corrected chi connectivity index (χ3v) is 6.29. The van der Waals surface area contributed by atoms with Gasteiger partial charge in [-0.25, -0.2) is 13.8 Å². The number of fused-ring (bicyclic) bond motifs is 2. The van der Waals surface area contributed by atoms with Gasteiger partial charge in [-0.15, -0.1) is 0 Å². The summed E-state index contributed by atoms with van der Waals surface area (Å²) < 4.78 is 33.1. The van der Waals surface area contributed by atoms with Gasteiger partial charge >= 0.3 is 0 Å². The van der Waals surface area contributed by atoms with E-state index >= 15 is 0 Å². The van der Waals surface area contributed by atoms with Gasteiger partial charge in [-0.3, -0.25) is 4.79 Å². The number of carbonyl (C=O) groups is 1. The first-order chi connectivity index (χ1) is 13.0. The van der Waals surface area contributed by atoms with Crippen LogP contribution in [0.1, 0.15) is 29.5 Å². The lowest BCUT2D eigenvalue weighted by atomic mass is 9.86. The van der Waals surface area contributed by atoms with E-state index in [1.165, 1.54) is 23.9 Å². The smallest absolute Gasteiger partial charge is 0.270 e. The zero-order valence-electron chi connectivity index (χ0n) is 14.7. The molecule has 7 heteroatoms. The summed E-state index contributed by atoms with van der Waals surface area (Å²) in [4.78, 5) is 12.0. The molecule has 1 unspecified atom stereocenters. The number of hydrazone groups is 1. The first-order valence-corrected chi connectivity index (χ1v) is 9.50. The highest BCUT2D eigenvalue weighted by atomic mass is 32.2. The van der Waals surface area contributed by atoms with E-state index in [1.54, 1.807) is 0 Å². The van der Waals surface area contributed by atoms with Crippen molar-refractivity contribution < 1.29 is 18.3 Å². The Morgan fingerprint density at radius 2 is 2.11 bits per heavy atom. The van der Waals surface area contributed by atoms with Crippen LogP contribution in [0, 0.1) is 11.6 Å². The Morgan fingerprint density at radius 3 is 2.93 bits per heavy atom. The topological polar surface area (TPSA) is 41.9 Å². The predicted octanol–water partition coefficient (Wildman–Crippen LogP) is 4.04. The van der Waals surface area contributed by atoms with Gasteiger partial charge in [-0.1, -0.05) is 36.0 Å². The van der Waals surface area contributed by atoms with Crippen molar-refractivity contribution >= 4 is 22.7 Å². The van der Waals surface area contributed by atoms with E-state index < -0.39 is 16.5 Å². The number of hydrogen-bond acceptors (Lipinski definition) is 4. The Kier molecular flexibility index (Phi) is 4.74. The molecule has 140 valence electrons. The number of amides is 1. The summed E-state index contributed by atoms with van der Waals surface area (Å²) in [7, 11) is 1.44. The van der Waals surface area contributed by atoms with Gasteiger partial charge in [-0.05, 0) is 48.6 Å². The second-order valence-corrected chi connectivity index (χ2v) is 7.83. The van der Waals surface area contributed by atoms with E-state index in [0.717, 1.165) is 42.2 Å². The number of hydrogen-bond donors (Lipinski definition) is 0. The van der Waals surface area contributed by atoms with Crippen molar-refractivity contribution in [2.24, 2.45) is 5.10 Å². The van der Waals surface area contributed by atoms with Gasteiger partial charge in [-0.2, -0.15) is 5.10 Å². The van der Waals surface area contributed by atoms with Crippen LogP contribution in [0.3, 0.4) is 0 Å². The summed E-state index contributed by atoms with van der Waals surface area (Å²) in [6.45, 7) is -0.132. The third kappa shape index (κ3) is 3.04.